The van der Waals surface area contributed by atoms with Crippen LogP contribution in [0.2, 0.25) is 0 Å². The van der Waals surface area contributed by atoms with Gasteiger partial charge in [-0.3, -0.25) is 0 Å². The number of benzene rings is 2. The van der Waals surface area contributed by atoms with Crippen LogP contribution in [0.1, 0.15) is 52.2 Å². The highest BCUT2D eigenvalue weighted by Crippen LogP contribution is 2.48. The van der Waals surface area contributed by atoms with E-state index >= 15 is 0 Å². The second kappa shape index (κ2) is 8.41. The van der Waals surface area contributed by atoms with Gasteiger partial charge in [-0.2, -0.15) is 0 Å². The van der Waals surface area contributed by atoms with Gasteiger partial charge in [-0.1, -0.05) is 46.7 Å². The lowest BCUT2D eigenvalue weighted by Gasteiger charge is -2.31. The lowest BCUT2D eigenvalue weighted by atomic mass is 9.96. The van der Waals surface area contributed by atoms with E-state index in [1.54, 1.807) is 19.2 Å². The lowest BCUT2D eigenvalue weighted by Crippen LogP contribution is -2.36. The molecule has 0 fully saturated rings. The van der Waals surface area contributed by atoms with E-state index in [-0.39, 0.29) is 10.7 Å². The molecule has 0 saturated carbocycles. The van der Waals surface area contributed by atoms with Gasteiger partial charge < -0.3 is 15.2 Å². The molecule has 2 atom stereocenters. The van der Waals surface area contributed by atoms with E-state index in [1.165, 1.54) is 10.9 Å². The van der Waals surface area contributed by atoms with Crippen molar-refractivity contribution in [3.05, 3.63) is 53.6 Å². The second-order valence-electron chi connectivity index (χ2n) is 7.95. The molecule has 0 bridgehead atoms. The molecule has 0 radical (unpaired) electrons. The number of rotatable bonds is 7. The molecule has 3 nitrogen and oxygen atoms in total. The van der Waals surface area contributed by atoms with Crippen molar-refractivity contribution in [2.45, 2.75) is 58.3 Å². The molecule has 2 aromatic carbocycles. The lowest BCUT2D eigenvalue weighted by molar-refractivity contribution is 0.408. The Kier molecular flexibility index (Phi) is 6.71. The van der Waals surface area contributed by atoms with Crippen LogP contribution >= 0.6 is 8.58 Å². The summed E-state index contributed by atoms with van der Waals surface area (Å²) in [5.41, 5.74) is 2.36. The van der Waals surface area contributed by atoms with Crippen LogP contribution in [-0.4, -0.2) is 17.8 Å². The summed E-state index contributed by atoms with van der Waals surface area (Å²) in [7, 11) is 2.22. The highest BCUT2D eigenvalue weighted by Gasteiger charge is 2.29. The number of hydrogen-bond acceptors (Lipinski definition) is 3. The van der Waals surface area contributed by atoms with Crippen LogP contribution in [0.5, 0.6) is 11.5 Å². The predicted octanol–water partition coefficient (Wildman–Crippen LogP) is 4.92. The molecule has 0 aliphatic rings. The summed E-state index contributed by atoms with van der Waals surface area (Å²) in [6.07, 6.45) is 0.938. The Labute approximate surface area is 160 Å². The van der Waals surface area contributed by atoms with Crippen molar-refractivity contribution >= 4 is 13.9 Å². The van der Waals surface area contributed by atoms with Crippen LogP contribution in [0.15, 0.2) is 42.5 Å². The largest absolute Gasteiger partial charge is 0.508 e. The predicted molar refractivity (Wildman–Crippen MR) is 113 cm³/mol. The van der Waals surface area contributed by atoms with E-state index in [2.05, 4.69) is 64.2 Å². The van der Waals surface area contributed by atoms with Gasteiger partial charge in [0.2, 0.25) is 0 Å². The minimum absolute atomic E-state index is 0.0787. The quantitative estimate of drug-likeness (QED) is 0.677. The first-order valence-corrected chi connectivity index (χ1v) is 10.2. The monoisotopic (exact) mass is 373 g/mol. The molecule has 2 rings (SSSR count). The van der Waals surface area contributed by atoms with Crippen LogP contribution in [0.4, 0.5) is 0 Å². The highest BCUT2D eigenvalue weighted by molar-refractivity contribution is 7.48. The topological polar surface area (TPSA) is 41.5 Å². The molecule has 0 saturated heterocycles. The van der Waals surface area contributed by atoms with E-state index in [4.69, 9.17) is 4.74 Å². The van der Waals surface area contributed by atoms with Gasteiger partial charge in [0.25, 0.3) is 0 Å². The molecule has 0 spiro atoms. The Morgan fingerprint density at radius 2 is 1.77 bits per heavy atom. The minimum atomic E-state index is -0.142. The van der Waals surface area contributed by atoms with Crippen molar-refractivity contribution in [2.75, 3.05) is 7.11 Å². The zero-order valence-corrected chi connectivity index (χ0v) is 17.8. The minimum Gasteiger partial charge on any atom is -0.508 e. The van der Waals surface area contributed by atoms with Crippen molar-refractivity contribution in [1.82, 2.24) is 5.32 Å². The number of methoxy groups -OCH3 is 1. The van der Waals surface area contributed by atoms with Gasteiger partial charge in [0, 0.05) is 22.8 Å². The van der Waals surface area contributed by atoms with E-state index in [9.17, 15) is 5.11 Å². The molecule has 2 unspecified atom stereocenters. The third-order valence-electron chi connectivity index (χ3n) is 4.74. The van der Waals surface area contributed by atoms with Crippen molar-refractivity contribution in [2.24, 2.45) is 0 Å². The molecule has 26 heavy (non-hydrogen) atoms. The number of hydrogen-bond donors (Lipinski definition) is 2. The third kappa shape index (κ3) is 5.22. The fourth-order valence-electron chi connectivity index (χ4n) is 2.88. The van der Waals surface area contributed by atoms with Gasteiger partial charge in [0.15, 0.2) is 0 Å². The Bertz CT molecular complexity index is 739. The Morgan fingerprint density at radius 3 is 2.38 bits per heavy atom. The SMILES string of the molecule is CCC(C)(Pc1ccccc1CNC(C)(C)C)c1cc(OC)ccc1O. The zero-order valence-electron chi connectivity index (χ0n) is 16.8. The van der Waals surface area contributed by atoms with Crippen molar-refractivity contribution < 1.29 is 9.84 Å². The smallest absolute Gasteiger partial charge is 0.119 e. The molecule has 142 valence electrons. The van der Waals surface area contributed by atoms with Gasteiger partial charge in [-0.15, -0.1) is 0 Å². The van der Waals surface area contributed by atoms with Crippen LogP contribution in [0, 0.1) is 0 Å². The normalized spacial score (nSPS) is 14.5. The number of ether oxygens (including phenoxy) is 1. The number of phenolic OH excluding ortho intramolecular Hbond substituents is 1. The summed E-state index contributed by atoms with van der Waals surface area (Å²) in [5.74, 6) is 1.12. The maximum absolute atomic E-state index is 10.5. The number of phenols is 1. The summed E-state index contributed by atoms with van der Waals surface area (Å²) in [6, 6.07) is 14.1. The second-order valence-corrected chi connectivity index (χ2v) is 9.85. The van der Waals surface area contributed by atoms with Gasteiger partial charge in [0.1, 0.15) is 11.5 Å². The molecule has 0 aromatic heterocycles. The van der Waals surface area contributed by atoms with Gasteiger partial charge in [-0.25, -0.2) is 0 Å². The van der Waals surface area contributed by atoms with E-state index in [1.807, 2.05) is 6.07 Å². The summed E-state index contributed by atoms with van der Waals surface area (Å²) in [5, 5.41) is 15.3. The molecular weight excluding hydrogens is 341 g/mol. The van der Waals surface area contributed by atoms with Crippen LogP contribution in [0.25, 0.3) is 0 Å². The van der Waals surface area contributed by atoms with Gasteiger partial charge in [-0.05, 0) is 56.3 Å². The summed E-state index contributed by atoms with van der Waals surface area (Å²) in [4.78, 5) is 0. The fraction of sp³-hybridized carbons (Fsp3) is 0.455. The molecule has 4 heteroatoms. The Hall–Kier alpha value is -1.57. The maximum Gasteiger partial charge on any atom is 0.119 e. The van der Waals surface area contributed by atoms with Crippen LogP contribution in [0.3, 0.4) is 0 Å². The average Bonchev–Trinajstić information content (AvgIpc) is 2.60. The standard InChI is InChI=1S/C22H32NO2P/c1-7-22(5,18-14-17(25-6)12-13-19(18)24)26-20-11-9-8-10-16(20)15-23-21(2,3)4/h8-14,23-24,26H,7,15H2,1-6H3. The molecule has 2 N–H and O–H groups in total. The maximum atomic E-state index is 10.5. The fourth-order valence-corrected chi connectivity index (χ4v) is 4.50. The summed E-state index contributed by atoms with van der Waals surface area (Å²) < 4.78 is 5.38. The Morgan fingerprint density at radius 1 is 1.08 bits per heavy atom. The Balaban J connectivity index is 2.35. The average molecular weight is 373 g/mol. The summed E-state index contributed by atoms with van der Waals surface area (Å²) >= 11 is 0. The first-order chi connectivity index (χ1) is 12.2. The third-order valence-corrected chi connectivity index (χ3v) is 6.67. The zero-order chi connectivity index (χ0) is 19.4. The van der Waals surface area contributed by atoms with Crippen LogP contribution < -0.4 is 15.4 Å². The highest BCUT2D eigenvalue weighted by atomic mass is 31.1. The number of nitrogens with one attached hydrogen (secondary N) is 1. The van der Waals surface area contributed by atoms with E-state index < -0.39 is 0 Å². The molecule has 2 aromatic rings. The summed E-state index contributed by atoms with van der Waals surface area (Å²) in [6.45, 7) is 11.8. The van der Waals surface area contributed by atoms with Crippen molar-refractivity contribution in [3.63, 3.8) is 0 Å². The number of aromatic hydroxyl groups is 1. The van der Waals surface area contributed by atoms with Crippen molar-refractivity contribution in [3.8, 4) is 11.5 Å². The molecule has 0 aliphatic carbocycles. The van der Waals surface area contributed by atoms with E-state index in [0.29, 0.717) is 14.3 Å². The molecular formula is C22H32NO2P. The van der Waals surface area contributed by atoms with Crippen LogP contribution in [-0.2, 0) is 11.7 Å². The molecule has 0 aliphatic heterocycles. The van der Waals surface area contributed by atoms with Gasteiger partial charge >= 0.3 is 0 Å². The molecule has 0 heterocycles. The molecule has 0 amide bonds. The van der Waals surface area contributed by atoms with Crippen molar-refractivity contribution in [1.29, 1.82) is 0 Å². The van der Waals surface area contributed by atoms with E-state index in [0.717, 1.165) is 24.3 Å². The first-order valence-electron chi connectivity index (χ1n) is 9.17. The first kappa shape index (κ1) is 20.7. The van der Waals surface area contributed by atoms with Gasteiger partial charge in [0.05, 0.1) is 7.11 Å².